The average Bonchev–Trinajstić information content (AvgIpc) is 2.65. The molecule has 1 aliphatic heterocycles. The first kappa shape index (κ1) is 18.9. The summed E-state index contributed by atoms with van der Waals surface area (Å²) in [5.41, 5.74) is 3.97. The first-order valence-electron chi connectivity index (χ1n) is 8.82. The molecule has 136 valence electrons. The van der Waals surface area contributed by atoms with Gasteiger partial charge in [0.15, 0.2) is 5.78 Å². The molecule has 0 N–H and O–H groups in total. The first-order valence-corrected chi connectivity index (χ1v) is 9.58. The summed E-state index contributed by atoms with van der Waals surface area (Å²) in [6.07, 6.45) is 3.09. The third-order valence-corrected chi connectivity index (χ3v) is 5.56. The number of aliphatic imine (C=N–C) groups is 1. The van der Waals surface area contributed by atoms with Gasteiger partial charge in [-0.1, -0.05) is 35.3 Å². The Balaban J connectivity index is 1.95. The summed E-state index contributed by atoms with van der Waals surface area (Å²) in [4.78, 5) is 19.7. The van der Waals surface area contributed by atoms with E-state index in [0.29, 0.717) is 15.6 Å². The second kappa shape index (κ2) is 8.24. The fourth-order valence-electron chi connectivity index (χ4n) is 3.15. The minimum atomic E-state index is -0.00209. The zero-order chi connectivity index (χ0) is 18.7. The molecule has 2 aromatic rings. The minimum absolute atomic E-state index is 0.00209. The van der Waals surface area contributed by atoms with Crippen molar-refractivity contribution in [3.05, 3.63) is 63.1 Å². The van der Waals surface area contributed by atoms with Crippen LogP contribution in [-0.2, 0) is 0 Å². The highest BCUT2D eigenvalue weighted by Gasteiger charge is 2.22. The van der Waals surface area contributed by atoms with Gasteiger partial charge in [0, 0.05) is 24.2 Å². The molecule has 0 spiro atoms. The SMILES string of the molecule is Cc1cccc(N(CC(=O)c2ccc(Cl)c(Cl)c2)C2=NCCCC2)c1C. The number of benzene rings is 2. The molecule has 0 bridgehead atoms. The molecule has 0 aliphatic carbocycles. The average molecular weight is 389 g/mol. The van der Waals surface area contributed by atoms with Crippen LogP contribution in [0.2, 0.25) is 10.0 Å². The van der Waals surface area contributed by atoms with Gasteiger partial charge in [-0.05, 0) is 62.1 Å². The standard InChI is InChI=1S/C21H22Cl2N2O/c1-14-6-5-7-19(15(14)2)25(21-8-3-4-11-24-21)13-20(26)16-9-10-17(22)18(23)12-16/h5-7,9-10,12H,3-4,8,11,13H2,1-2H3. The maximum Gasteiger partial charge on any atom is 0.182 e. The molecular formula is C21H22Cl2N2O. The van der Waals surface area contributed by atoms with E-state index < -0.39 is 0 Å². The van der Waals surface area contributed by atoms with Crippen LogP contribution in [-0.4, -0.2) is 24.7 Å². The van der Waals surface area contributed by atoms with Gasteiger partial charge in [0.2, 0.25) is 0 Å². The molecule has 0 saturated carbocycles. The van der Waals surface area contributed by atoms with Crippen molar-refractivity contribution in [2.45, 2.75) is 33.1 Å². The summed E-state index contributed by atoms with van der Waals surface area (Å²) in [5, 5.41) is 0.845. The quantitative estimate of drug-likeness (QED) is 0.612. The summed E-state index contributed by atoms with van der Waals surface area (Å²) in [5.74, 6) is 0.983. The number of amidine groups is 1. The van der Waals surface area contributed by atoms with E-state index in [1.165, 1.54) is 11.1 Å². The van der Waals surface area contributed by atoms with Crippen LogP contribution >= 0.6 is 23.2 Å². The molecule has 0 unspecified atom stereocenters. The van der Waals surface area contributed by atoms with Crippen LogP contribution in [0.3, 0.4) is 0 Å². The molecule has 3 nitrogen and oxygen atoms in total. The summed E-state index contributed by atoms with van der Waals surface area (Å²) in [6.45, 7) is 5.23. The lowest BCUT2D eigenvalue weighted by molar-refractivity contribution is 0.100. The van der Waals surface area contributed by atoms with Gasteiger partial charge in [0.1, 0.15) is 5.84 Å². The molecule has 1 aliphatic rings. The van der Waals surface area contributed by atoms with Gasteiger partial charge < -0.3 is 4.90 Å². The Hall–Kier alpha value is -1.84. The molecule has 0 amide bonds. The molecule has 0 radical (unpaired) electrons. The number of carbonyl (C=O) groups excluding carboxylic acids is 1. The molecule has 0 aromatic heterocycles. The second-order valence-electron chi connectivity index (χ2n) is 6.61. The van der Waals surface area contributed by atoms with Crippen LogP contribution in [0, 0.1) is 13.8 Å². The van der Waals surface area contributed by atoms with Gasteiger partial charge in [-0.2, -0.15) is 0 Å². The predicted octanol–water partition coefficient (Wildman–Crippen LogP) is 5.88. The fraction of sp³-hybridized carbons (Fsp3) is 0.333. The van der Waals surface area contributed by atoms with Crippen LogP contribution in [0.5, 0.6) is 0 Å². The van der Waals surface area contributed by atoms with Crippen molar-refractivity contribution in [2.75, 3.05) is 18.0 Å². The van der Waals surface area contributed by atoms with Gasteiger partial charge in [-0.3, -0.25) is 9.79 Å². The van der Waals surface area contributed by atoms with E-state index in [9.17, 15) is 4.79 Å². The van der Waals surface area contributed by atoms with Crippen molar-refractivity contribution >= 4 is 40.5 Å². The Morgan fingerprint density at radius 1 is 1.12 bits per heavy atom. The molecule has 2 aromatic carbocycles. The van der Waals surface area contributed by atoms with Gasteiger partial charge in [-0.25, -0.2) is 0 Å². The Morgan fingerprint density at radius 2 is 1.92 bits per heavy atom. The molecule has 0 atom stereocenters. The van der Waals surface area contributed by atoms with Gasteiger partial charge in [0.05, 0.1) is 16.6 Å². The lowest BCUT2D eigenvalue weighted by atomic mass is 10.0. The monoisotopic (exact) mass is 388 g/mol. The van der Waals surface area contributed by atoms with E-state index >= 15 is 0 Å². The topological polar surface area (TPSA) is 32.7 Å². The molecule has 0 saturated heterocycles. The largest absolute Gasteiger partial charge is 0.322 e. The number of aryl methyl sites for hydroxylation is 1. The number of Topliss-reactive ketones (excluding diaryl/α,β-unsaturated/α-hetero) is 1. The maximum atomic E-state index is 12.9. The zero-order valence-electron chi connectivity index (χ0n) is 15.1. The number of anilines is 1. The fourth-order valence-corrected chi connectivity index (χ4v) is 3.45. The highest BCUT2D eigenvalue weighted by molar-refractivity contribution is 6.42. The van der Waals surface area contributed by atoms with E-state index in [-0.39, 0.29) is 12.3 Å². The Bertz CT molecular complexity index is 861. The highest BCUT2D eigenvalue weighted by atomic mass is 35.5. The molecule has 3 rings (SSSR count). The lowest BCUT2D eigenvalue weighted by Gasteiger charge is -2.29. The van der Waals surface area contributed by atoms with Crippen LogP contribution in [0.1, 0.15) is 40.7 Å². The summed E-state index contributed by atoms with van der Waals surface area (Å²) in [7, 11) is 0. The molecule has 5 heteroatoms. The van der Waals surface area contributed by atoms with Gasteiger partial charge in [-0.15, -0.1) is 0 Å². The van der Waals surface area contributed by atoms with E-state index in [2.05, 4.69) is 30.9 Å². The van der Waals surface area contributed by atoms with Crippen molar-refractivity contribution in [2.24, 2.45) is 4.99 Å². The maximum absolute atomic E-state index is 12.9. The number of hydrogen-bond acceptors (Lipinski definition) is 3. The van der Waals surface area contributed by atoms with Gasteiger partial charge in [0.25, 0.3) is 0 Å². The third kappa shape index (κ3) is 4.11. The highest BCUT2D eigenvalue weighted by Crippen LogP contribution is 2.27. The normalized spacial score (nSPS) is 14.1. The van der Waals surface area contributed by atoms with E-state index in [1.54, 1.807) is 18.2 Å². The predicted molar refractivity (Wildman–Crippen MR) is 110 cm³/mol. The second-order valence-corrected chi connectivity index (χ2v) is 7.43. The Morgan fingerprint density at radius 3 is 2.62 bits per heavy atom. The molecule has 1 heterocycles. The lowest BCUT2D eigenvalue weighted by Crippen LogP contribution is -2.37. The number of hydrogen-bond donors (Lipinski definition) is 0. The zero-order valence-corrected chi connectivity index (χ0v) is 16.6. The van der Waals surface area contributed by atoms with E-state index in [0.717, 1.165) is 37.3 Å². The number of ketones is 1. The summed E-state index contributed by atoms with van der Waals surface area (Å²) in [6, 6.07) is 11.2. The van der Waals surface area contributed by atoms with Crippen LogP contribution < -0.4 is 4.90 Å². The van der Waals surface area contributed by atoms with Crippen molar-refractivity contribution < 1.29 is 4.79 Å². The molecular weight excluding hydrogens is 367 g/mol. The van der Waals surface area contributed by atoms with Crippen molar-refractivity contribution in [3.63, 3.8) is 0 Å². The van der Waals surface area contributed by atoms with Gasteiger partial charge >= 0.3 is 0 Å². The Kier molecular flexibility index (Phi) is 6.00. The van der Waals surface area contributed by atoms with E-state index in [1.807, 2.05) is 6.07 Å². The third-order valence-electron chi connectivity index (χ3n) is 4.82. The molecule has 0 fully saturated rings. The van der Waals surface area contributed by atoms with Crippen LogP contribution in [0.15, 0.2) is 41.4 Å². The number of carbonyl (C=O) groups is 1. The van der Waals surface area contributed by atoms with Crippen molar-refractivity contribution in [1.29, 1.82) is 0 Å². The first-order chi connectivity index (χ1) is 12.5. The molecule has 26 heavy (non-hydrogen) atoms. The van der Waals surface area contributed by atoms with Crippen molar-refractivity contribution in [1.82, 2.24) is 0 Å². The van der Waals surface area contributed by atoms with E-state index in [4.69, 9.17) is 28.2 Å². The Labute approximate surface area is 164 Å². The summed E-state index contributed by atoms with van der Waals surface area (Å²) < 4.78 is 0. The number of halogens is 2. The number of nitrogens with zero attached hydrogens (tertiary/aromatic N) is 2. The van der Waals surface area contributed by atoms with Crippen LogP contribution in [0.4, 0.5) is 5.69 Å². The summed E-state index contributed by atoms with van der Waals surface area (Å²) >= 11 is 12.1. The number of rotatable bonds is 4. The van der Waals surface area contributed by atoms with Crippen molar-refractivity contribution in [3.8, 4) is 0 Å². The van der Waals surface area contributed by atoms with Crippen LogP contribution in [0.25, 0.3) is 0 Å². The smallest absolute Gasteiger partial charge is 0.182 e. The minimum Gasteiger partial charge on any atom is -0.322 e.